The average molecular weight is 844 g/mol. The van der Waals surface area contributed by atoms with Crippen LogP contribution in [0.2, 0.25) is 0 Å². The molecule has 2 heteroatoms. The molecule has 0 rings (SSSR count). The number of hydrogen-bond donors (Lipinski definition) is 0. The van der Waals surface area contributed by atoms with Crippen molar-refractivity contribution in [1.29, 1.82) is 0 Å². The molecular formula is C58H114O2. The van der Waals surface area contributed by atoms with E-state index in [0.717, 1.165) is 18.8 Å². The topological polar surface area (TPSA) is 26.3 Å². The first-order valence-electron chi connectivity index (χ1n) is 28.5. The van der Waals surface area contributed by atoms with Gasteiger partial charge in [0.15, 0.2) is 0 Å². The fourth-order valence-corrected chi connectivity index (χ4v) is 9.05. The van der Waals surface area contributed by atoms with Crippen LogP contribution in [0.5, 0.6) is 0 Å². The average Bonchev–Trinajstić information content (AvgIpc) is 3.25. The van der Waals surface area contributed by atoms with Crippen molar-refractivity contribution in [3.05, 3.63) is 12.2 Å². The fraction of sp³-hybridized carbons (Fsp3) is 0.948. The standard InChI is InChI=1S/C58H114O2/c1-4-6-7-8-9-10-11-12-13-30-34-37-40-43-46-49-52-55-58(59)60-56-53-50-47-44-41-38-35-32-29-27-25-23-21-19-17-15-14-16-18-20-22-24-26-28-31-33-36-39-42-45-48-51-54-57(3)5-2/h10-11,57H,4-9,12-56H2,1-3H3. The minimum absolute atomic E-state index is 0.0288. The lowest BCUT2D eigenvalue weighted by Gasteiger charge is -2.07. The number of unbranched alkanes of at least 4 members (excludes halogenated alkanes) is 44. The van der Waals surface area contributed by atoms with Gasteiger partial charge in [0, 0.05) is 6.42 Å². The quantitative estimate of drug-likeness (QED) is 0.0346. The first kappa shape index (κ1) is 59.2. The monoisotopic (exact) mass is 843 g/mol. The molecule has 1 atom stereocenters. The molecule has 0 aliphatic heterocycles. The predicted molar refractivity (Wildman–Crippen MR) is 271 cm³/mol. The normalized spacial score (nSPS) is 12.2. The lowest BCUT2D eigenvalue weighted by molar-refractivity contribution is -0.143. The van der Waals surface area contributed by atoms with Crippen molar-refractivity contribution in [1.82, 2.24) is 0 Å². The van der Waals surface area contributed by atoms with E-state index >= 15 is 0 Å². The van der Waals surface area contributed by atoms with Crippen LogP contribution >= 0.6 is 0 Å². The number of rotatable bonds is 53. The number of esters is 1. The molecule has 0 heterocycles. The summed E-state index contributed by atoms with van der Waals surface area (Å²) in [7, 11) is 0. The highest BCUT2D eigenvalue weighted by Gasteiger charge is 2.03. The van der Waals surface area contributed by atoms with Crippen molar-refractivity contribution in [2.75, 3.05) is 6.61 Å². The van der Waals surface area contributed by atoms with Crippen molar-refractivity contribution in [3.63, 3.8) is 0 Å². The molecule has 0 aromatic heterocycles. The third-order valence-electron chi connectivity index (χ3n) is 13.7. The van der Waals surface area contributed by atoms with Crippen LogP contribution in [-0.2, 0) is 9.53 Å². The van der Waals surface area contributed by atoms with E-state index in [9.17, 15) is 4.79 Å². The van der Waals surface area contributed by atoms with E-state index < -0.39 is 0 Å². The zero-order chi connectivity index (χ0) is 43.3. The zero-order valence-electron chi connectivity index (χ0n) is 42.1. The van der Waals surface area contributed by atoms with Crippen LogP contribution < -0.4 is 0 Å². The Morgan fingerprint density at radius 3 is 0.933 bits per heavy atom. The van der Waals surface area contributed by atoms with E-state index in [1.807, 2.05) is 0 Å². The molecule has 0 amide bonds. The summed E-state index contributed by atoms with van der Waals surface area (Å²) < 4.78 is 5.50. The molecule has 1 unspecified atom stereocenters. The molecule has 60 heavy (non-hydrogen) atoms. The molecule has 0 bridgehead atoms. The number of carbonyl (C=O) groups excluding carboxylic acids is 1. The van der Waals surface area contributed by atoms with E-state index in [0.29, 0.717) is 13.0 Å². The first-order valence-corrected chi connectivity index (χ1v) is 28.5. The number of allylic oxidation sites excluding steroid dienone is 2. The Morgan fingerprint density at radius 2 is 0.617 bits per heavy atom. The van der Waals surface area contributed by atoms with E-state index in [-0.39, 0.29) is 5.97 Å². The van der Waals surface area contributed by atoms with Crippen LogP contribution in [0.3, 0.4) is 0 Å². The van der Waals surface area contributed by atoms with Gasteiger partial charge in [-0.3, -0.25) is 4.79 Å². The molecule has 0 aromatic carbocycles. The third-order valence-corrected chi connectivity index (χ3v) is 13.7. The first-order chi connectivity index (χ1) is 29.7. The third kappa shape index (κ3) is 53.3. The highest BCUT2D eigenvalue weighted by Crippen LogP contribution is 2.19. The summed E-state index contributed by atoms with van der Waals surface area (Å²) in [5, 5.41) is 0. The van der Waals surface area contributed by atoms with Crippen LogP contribution in [0.4, 0.5) is 0 Å². The van der Waals surface area contributed by atoms with E-state index in [2.05, 4.69) is 32.9 Å². The van der Waals surface area contributed by atoms with Gasteiger partial charge in [0.05, 0.1) is 6.61 Å². The fourth-order valence-electron chi connectivity index (χ4n) is 9.05. The largest absolute Gasteiger partial charge is 0.466 e. The van der Waals surface area contributed by atoms with Gasteiger partial charge < -0.3 is 4.74 Å². The van der Waals surface area contributed by atoms with Crippen molar-refractivity contribution in [2.24, 2.45) is 5.92 Å². The summed E-state index contributed by atoms with van der Waals surface area (Å²) in [6, 6.07) is 0. The molecule has 0 aliphatic rings. The van der Waals surface area contributed by atoms with Crippen LogP contribution in [-0.4, -0.2) is 12.6 Å². The molecule has 0 radical (unpaired) electrons. The molecule has 358 valence electrons. The maximum Gasteiger partial charge on any atom is 0.305 e. The molecule has 0 fully saturated rings. The predicted octanol–water partition coefficient (Wildman–Crippen LogP) is 21.3. The Morgan fingerprint density at radius 1 is 0.350 bits per heavy atom. The summed E-state index contributed by atoms with van der Waals surface area (Å²) in [5.41, 5.74) is 0. The van der Waals surface area contributed by atoms with Gasteiger partial charge in [-0.1, -0.05) is 309 Å². The van der Waals surface area contributed by atoms with Crippen molar-refractivity contribution >= 4 is 5.97 Å². The molecule has 0 aromatic rings. The second-order valence-electron chi connectivity index (χ2n) is 19.9. The summed E-state index contributed by atoms with van der Waals surface area (Å²) in [6.07, 6.45) is 73.8. The van der Waals surface area contributed by atoms with Crippen LogP contribution in [0.25, 0.3) is 0 Å². The Balaban J connectivity index is 3.15. The molecule has 0 aliphatic carbocycles. The van der Waals surface area contributed by atoms with Crippen LogP contribution in [0.1, 0.15) is 342 Å². The highest BCUT2D eigenvalue weighted by atomic mass is 16.5. The van der Waals surface area contributed by atoms with Crippen molar-refractivity contribution < 1.29 is 9.53 Å². The highest BCUT2D eigenvalue weighted by molar-refractivity contribution is 5.69. The SMILES string of the molecule is CCCCCCC=CCCCCCCCCCCCC(=O)OCCCCCCCCCCCCCCCCCCCCCCCCCCCCCCCCCCC(C)CC. The Labute approximate surface area is 380 Å². The van der Waals surface area contributed by atoms with Gasteiger partial charge in [0.25, 0.3) is 0 Å². The molecule has 0 N–H and O–H groups in total. The maximum absolute atomic E-state index is 12.1. The second kappa shape index (κ2) is 54.3. The molecule has 0 spiro atoms. The van der Waals surface area contributed by atoms with Gasteiger partial charge in [0.1, 0.15) is 0 Å². The van der Waals surface area contributed by atoms with Crippen LogP contribution in [0, 0.1) is 5.92 Å². The van der Waals surface area contributed by atoms with Crippen molar-refractivity contribution in [2.45, 2.75) is 342 Å². The Hall–Kier alpha value is -0.790. The smallest absolute Gasteiger partial charge is 0.305 e. The number of hydrogen-bond acceptors (Lipinski definition) is 2. The summed E-state index contributed by atoms with van der Waals surface area (Å²) in [6.45, 7) is 7.64. The van der Waals surface area contributed by atoms with E-state index in [1.54, 1.807) is 0 Å². The molecule has 0 saturated carbocycles. The number of carbonyl (C=O) groups is 1. The van der Waals surface area contributed by atoms with Gasteiger partial charge in [-0.15, -0.1) is 0 Å². The Bertz CT molecular complexity index is 803. The number of ether oxygens (including phenoxy) is 1. The van der Waals surface area contributed by atoms with Gasteiger partial charge >= 0.3 is 5.97 Å². The summed E-state index contributed by atoms with van der Waals surface area (Å²) >= 11 is 0. The summed E-state index contributed by atoms with van der Waals surface area (Å²) in [5.74, 6) is 0.969. The van der Waals surface area contributed by atoms with Crippen LogP contribution in [0.15, 0.2) is 12.2 Å². The second-order valence-corrected chi connectivity index (χ2v) is 19.9. The van der Waals surface area contributed by atoms with Gasteiger partial charge in [0.2, 0.25) is 0 Å². The summed E-state index contributed by atoms with van der Waals surface area (Å²) in [4.78, 5) is 12.1. The van der Waals surface area contributed by atoms with E-state index in [4.69, 9.17) is 4.74 Å². The lowest BCUT2D eigenvalue weighted by atomic mass is 9.99. The Kier molecular flexibility index (Phi) is 53.6. The van der Waals surface area contributed by atoms with E-state index in [1.165, 1.54) is 302 Å². The zero-order valence-corrected chi connectivity index (χ0v) is 42.1. The minimum Gasteiger partial charge on any atom is -0.466 e. The van der Waals surface area contributed by atoms with Gasteiger partial charge in [-0.25, -0.2) is 0 Å². The minimum atomic E-state index is 0.0288. The van der Waals surface area contributed by atoms with Gasteiger partial charge in [-0.2, -0.15) is 0 Å². The van der Waals surface area contributed by atoms with Crippen molar-refractivity contribution in [3.8, 4) is 0 Å². The molecule has 2 nitrogen and oxygen atoms in total. The lowest BCUT2D eigenvalue weighted by Crippen LogP contribution is -2.05. The van der Waals surface area contributed by atoms with Gasteiger partial charge in [-0.05, 0) is 44.4 Å². The maximum atomic E-state index is 12.1. The molecule has 0 saturated heterocycles. The molecular weight excluding hydrogens is 729 g/mol.